The van der Waals surface area contributed by atoms with Crippen molar-refractivity contribution in [2.45, 2.75) is 20.8 Å². The number of hydrogen-bond acceptors (Lipinski definition) is 7. The summed E-state index contributed by atoms with van der Waals surface area (Å²) >= 11 is 5.18. The van der Waals surface area contributed by atoms with Crippen LogP contribution in [-0.4, -0.2) is 37.3 Å². The Bertz CT molecular complexity index is 460. The van der Waals surface area contributed by atoms with Gasteiger partial charge in [0.25, 0.3) is 0 Å². The van der Waals surface area contributed by atoms with Crippen molar-refractivity contribution in [1.29, 1.82) is 0 Å². The van der Waals surface area contributed by atoms with Crippen LogP contribution in [0.1, 0.15) is 19.4 Å². The Morgan fingerprint density at radius 2 is 1.84 bits per heavy atom. The second-order valence-electron chi connectivity index (χ2n) is 3.73. The lowest BCUT2D eigenvalue weighted by atomic mass is 10.4. The van der Waals surface area contributed by atoms with Gasteiger partial charge in [0.2, 0.25) is 11.8 Å². The van der Waals surface area contributed by atoms with Gasteiger partial charge >= 0.3 is 6.72 Å². The zero-order chi connectivity index (χ0) is 14.5. The second kappa shape index (κ2) is 7.14. The van der Waals surface area contributed by atoms with Gasteiger partial charge < -0.3 is 18.5 Å². The molecule has 1 rings (SSSR count). The van der Waals surface area contributed by atoms with Gasteiger partial charge in [-0.2, -0.15) is 4.98 Å². The zero-order valence-corrected chi connectivity index (χ0v) is 13.6. The number of aromatic nitrogens is 2. The topological polar surface area (TPSA) is 56.7 Å². The Hall–Kier alpha value is -0.750. The molecule has 0 saturated carbocycles. The molecule has 6 nitrogen and oxygen atoms in total. The average molecular weight is 305 g/mol. The molecule has 1 heterocycles. The van der Waals surface area contributed by atoms with Crippen molar-refractivity contribution >= 4 is 24.5 Å². The zero-order valence-electron chi connectivity index (χ0n) is 11.9. The lowest BCUT2D eigenvalue weighted by molar-refractivity contribution is 0.269. The Morgan fingerprint density at radius 1 is 1.26 bits per heavy atom. The minimum Gasteiger partial charge on any atom is -0.405 e. The Morgan fingerprint density at radius 3 is 2.32 bits per heavy atom. The SMILES string of the molecule is CCN(CC)c1ncc(C)c(OP(=S)(OC)OC)n1. The second-order valence-corrected chi connectivity index (χ2v) is 6.88. The summed E-state index contributed by atoms with van der Waals surface area (Å²) in [7, 11) is 2.93. The predicted octanol–water partition coefficient (Wildman–Crippen LogP) is 2.53. The summed E-state index contributed by atoms with van der Waals surface area (Å²) in [4.78, 5) is 10.7. The summed E-state index contributed by atoms with van der Waals surface area (Å²) < 4.78 is 15.8. The van der Waals surface area contributed by atoms with Crippen molar-refractivity contribution in [3.63, 3.8) is 0 Å². The molecule has 0 bridgehead atoms. The van der Waals surface area contributed by atoms with Crippen LogP contribution in [0.15, 0.2) is 6.20 Å². The van der Waals surface area contributed by atoms with Gasteiger partial charge in [-0.1, -0.05) is 0 Å². The number of aryl methyl sites for hydroxylation is 1. The molecule has 19 heavy (non-hydrogen) atoms. The molecule has 8 heteroatoms. The van der Waals surface area contributed by atoms with Gasteiger partial charge in [-0.3, -0.25) is 0 Å². The van der Waals surface area contributed by atoms with Crippen LogP contribution in [0.3, 0.4) is 0 Å². The summed E-state index contributed by atoms with van der Waals surface area (Å²) in [5, 5.41) is 0. The molecule has 0 spiro atoms. The molecule has 108 valence electrons. The monoisotopic (exact) mass is 305 g/mol. The van der Waals surface area contributed by atoms with Gasteiger partial charge in [0.1, 0.15) is 0 Å². The van der Waals surface area contributed by atoms with Crippen molar-refractivity contribution in [2.75, 3.05) is 32.2 Å². The van der Waals surface area contributed by atoms with E-state index >= 15 is 0 Å². The lowest BCUT2D eigenvalue weighted by Gasteiger charge is -2.22. The highest BCUT2D eigenvalue weighted by atomic mass is 32.5. The molecule has 1 aromatic rings. The van der Waals surface area contributed by atoms with E-state index in [2.05, 4.69) is 9.97 Å². The fourth-order valence-corrected chi connectivity index (χ4v) is 2.33. The Labute approximate surface area is 119 Å². The maximum absolute atomic E-state index is 5.61. The highest BCUT2D eigenvalue weighted by Gasteiger charge is 2.21. The van der Waals surface area contributed by atoms with Crippen LogP contribution in [0.5, 0.6) is 5.88 Å². The minimum atomic E-state index is -2.77. The van der Waals surface area contributed by atoms with Crippen LogP contribution in [0.25, 0.3) is 0 Å². The molecular formula is C11H20N3O3PS. The van der Waals surface area contributed by atoms with E-state index in [1.165, 1.54) is 14.2 Å². The molecule has 1 aromatic heterocycles. The predicted molar refractivity (Wildman–Crippen MR) is 79.3 cm³/mol. The standard InChI is InChI=1S/C11H20N3O3PS/c1-6-14(7-2)11-12-8-9(3)10(13-11)17-18(19,15-4)16-5/h8H,6-7H2,1-5H3. The van der Waals surface area contributed by atoms with Gasteiger partial charge in [0, 0.05) is 50.9 Å². The van der Waals surface area contributed by atoms with Crippen LogP contribution < -0.4 is 9.42 Å². The number of hydrogen-bond donors (Lipinski definition) is 0. The molecule has 0 unspecified atom stereocenters. The largest absolute Gasteiger partial charge is 0.405 e. The Kier molecular flexibility index (Phi) is 6.13. The molecule has 0 aliphatic rings. The third kappa shape index (κ3) is 4.11. The molecule has 0 aromatic carbocycles. The first kappa shape index (κ1) is 16.3. The molecule has 0 aliphatic carbocycles. The van der Waals surface area contributed by atoms with E-state index in [0.717, 1.165) is 18.7 Å². The van der Waals surface area contributed by atoms with Gasteiger partial charge in [0.05, 0.1) is 0 Å². The van der Waals surface area contributed by atoms with Gasteiger partial charge in [-0.15, -0.1) is 0 Å². The van der Waals surface area contributed by atoms with Crippen LogP contribution in [0.4, 0.5) is 5.95 Å². The number of rotatable bonds is 7. The van der Waals surface area contributed by atoms with E-state index < -0.39 is 6.72 Å². The third-order valence-electron chi connectivity index (χ3n) is 2.60. The van der Waals surface area contributed by atoms with Crippen molar-refractivity contribution < 1.29 is 13.6 Å². The van der Waals surface area contributed by atoms with E-state index in [-0.39, 0.29) is 0 Å². The number of anilines is 1. The summed E-state index contributed by atoms with van der Waals surface area (Å²) in [6.07, 6.45) is 1.71. The molecule has 0 atom stereocenters. The molecule has 0 aliphatic heterocycles. The molecule has 0 fully saturated rings. The van der Waals surface area contributed by atoms with Gasteiger partial charge in [0.15, 0.2) is 0 Å². The van der Waals surface area contributed by atoms with Crippen molar-refractivity contribution in [1.82, 2.24) is 9.97 Å². The molecule has 0 radical (unpaired) electrons. The number of nitrogens with zero attached hydrogens (tertiary/aromatic N) is 3. The fourth-order valence-electron chi connectivity index (χ4n) is 1.42. The normalized spacial score (nSPS) is 11.4. The Balaban J connectivity index is 3.07. The molecule has 0 amide bonds. The first-order valence-electron chi connectivity index (χ1n) is 5.99. The van der Waals surface area contributed by atoms with Gasteiger partial charge in [-0.05, 0) is 20.8 Å². The first-order chi connectivity index (χ1) is 8.99. The minimum absolute atomic E-state index is 0.406. The van der Waals surface area contributed by atoms with Crippen LogP contribution in [-0.2, 0) is 20.9 Å². The highest BCUT2D eigenvalue weighted by Crippen LogP contribution is 2.48. The quantitative estimate of drug-likeness (QED) is 0.717. The van der Waals surface area contributed by atoms with Crippen molar-refractivity contribution in [3.8, 4) is 5.88 Å². The van der Waals surface area contributed by atoms with Gasteiger partial charge in [-0.25, -0.2) is 4.98 Å². The smallest absolute Gasteiger partial charge is 0.381 e. The summed E-state index contributed by atoms with van der Waals surface area (Å²) in [6.45, 7) is 4.81. The van der Waals surface area contributed by atoms with Crippen LogP contribution in [0, 0.1) is 6.92 Å². The first-order valence-corrected chi connectivity index (χ1v) is 8.54. The summed E-state index contributed by atoms with van der Waals surface area (Å²) in [6, 6.07) is 0. The molecular weight excluding hydrogens is 285 g/mol. The van der Waals surface area contributed by atoms with Crippen LogP contribution >= 0.6 is 6.72 Å². The van der Waals surface area contributed by atoms with E-state index in [4.69, 9.17) is 25.4 Å². The lowest BCUT2D eigenvalue weighted by Crippen LogP contribution is -2.24. The van der Waals surface area contributed by atoms with E-state index in [0.29, 0.717) is 11.8 Å². The maximum atomic E-state index is 5.61. The van der Waals surface area contributed by atoms with Crippen LogP contribution in [0.2, 0.25) is 0 Å². The highest BCUT2D eigenvalue weighted by molar-refractivity contribution is 8.07. The van der Waals surface area contributed by atoms with E-state index in [1.54, 1.807) is 6.20 Å². The molecule has 0 N–H and O–H groups in total. The summed E-state index contributed by atoms with van der Waals surface area (Å²) in [5.41, 5.74) is 0.791. The fraction of sp³-hybridized carbons (Fsp3) is 0.636. The van der Waals surface area contributed by atoms with Crippen molar-refractivity contribution in [3.05, 3.63) is 11.8 Å². The maximum Gasteiger partial charge on any atom is 0.381 e. The van der Waals surface area contributed by atoms with Crippen molar-refractivity contribution in [2.24, 2.45) is 0 Å². The summed E-state index contributed by atoms with van der Waals surface area (Å²) in [5.74, 6) is 1.02. The van der Waals surface area contributed by atoms with E-state index in [9.17, 15) is 0 Å². The van der Waals surface area contributed by atoms with E-state index in [1.807, 2.05) is 25.7 Å². The molecule has 0 saturated heterocycles. The average Bonchev–Trinajstić information content (AvgIpc) is 2.43. The third-order valence-corrected chi connectivity index (χ3v) is 5.01.